The number of methoxy groups -OCH3 is 1. The molecular weight excluding hydrogens is 276 g/mol. The molecule has 0 heterocycles. The number of ether oxygens (including phenoxy) is 2. The Morgan fingerprint density at radius 2 is 2.15 bits per heavy atom. The predicted molar refractivity (Wildman–Crippen MR) is 63.8 cm³/mol. The summed E-state index contributed by atoms with van der Waals surface area (Å²) in [6, 6.07) is 3.17. The van der Waals surface area contributed by atoms with Crippen LogP contribution >= 0.6 is 0 Å². The van der Waals surface area contributed by atoms with Crippen LogP contribution in [-0.4, -0.2) is 31.2 Å². The molecular formula is C12H13F2NO5. The summed E-state index contributed by atoms with van der Waals surface area (Å²) in [6.07, 6.45) is -0.0509. The van der Waals surface area contributed by atoms with Crippen molar-refractivity contribution < 1.29 is 33.0 Å². The molecule has 6 nitrogen and oxygen atoms in total. The van der Waals surface area contributed by atoms with Crippen LogP contribution in [0.4, 0.5) is 8.78 Å². The molecule has 20 heavy (non-hydrogen) atoms. The molecule has 8 heteroatoms. The molecule has 0 aliphatic carbocycles. The Bertz CT molecular complexity index is 481. The highest BCUT2D eigenvalue weighted by Gasteiger charge is 2.18. The van der Waals surface area contributed by atoms with Crippen LogP contribution in [0.3, 0.4) is 0 Å². The Hall–Kier alpha value is -2.38. The first-order chi connectivity index (χ1) is 9.47. The molecule has 0 bridgehead atoms. The molecule has 0 aromatic heterocycles. The van der Waals surface area contributed by atoms with Crippen molar-refractivity contribution in [1.29, 1.82) is 0 Å². The highest BCUT2D eigenvalue weighted by Crippen LogP contribution is 2.32. The number of nitrogens with one attached hydrogen (secondary N) is 1. The van der Waals surface area contributed by atoms with Crippen molar-refractivity contribution in [3.05, 3.63) is 23.8 Å². The third kappa shape index (κ3) is 4.38. The van der Waals surface area contributed by atoms with Crippen molar-refractivity contribution in [2.75, 3.05) is 7.11 Å². The number of aliphatic carboxylic acids is 1. The maximum Gasteiger partial charge on any atom is 0.387 e. The van der Waals surface area contributed by atoms with Gasteiger partial charge in [-0.1, -0.05) is 6.07 Å². The van der Waals surface area contributed by atoms with E-state index in [2.05, 4.69) is 10.1 Å². The Morgan fingerprint density at radius 1 is 1.45 bits per heavy atom. The molecule has 0 saturated heterocycles. The van der Waals surface area contributed by atoms with Gasteiger partial charge in [-0.2, -0.15) is 8.78 Å². The van der Waals surface area contributed by atoms with E-state index < -0.39 is 18.6 Å². The number of carbonyl (C=O) groups is 2. The molecule has 0 saturated carbocycles. The Kier molecular flexibility index (Phi) is 5.70. The largest absolute Gasteiger partial charge is 0.493 e. The molecule has 1 unspecified atom stereocenters. The molecule has 1 rings (SSSR count). The summed E-state index contributed by atoms with van der Waals surface area (Å²) in [5, 5.41) is 11.1. The van der Waals surface area contributed by atoms with Gasteiger partial charge in [0.1, 0.15) is 0 Å². The SMILES string of the molecule is COc1ccc(C(CC(=O)O)NC=O)cc1OC(F)F. The first-order valence-corrected chi connectivity index (χ1v) is 5.52. The maximum absolute atomic E-state index is 12.3. The van der Waals surface area contributed by atoms with E-state index in [1.807, 2.05) is 0 Å². The fourth-order valence-electron chi connectivity index (χ4n) is 1.63. The van der Waals surface area contributed by atoms with Gasteiger partial charge in [-0.05, 0) is 17.7 Å². The van der Waals surface area contributed by atoms with Crippen LogP contribution in [0.1, 0.15) is 18.0 Å². The third-order valence-corrected chi connectivity index (χ3v) is 2.45. The predicted octanol–water partition coefficient (Wildman–Crippen LogP) is 1.56. The highest BCUT2D eigenvalue weighted by molar-refractivity contribution is 5.68. The van der Waals surface area contributed by atoms with E-state index in [-0.39, 0.29) is 17.9 Å². The number of carbonyl (C=O) groups excluding carboxylic acids is 1. The van der Waals surface area contributed by atoms with E-state index in [1.54, 1.807) is 0 Å². The number of carboxylic acids is 1. The number of rotatable bonds is 8. The second-order valence-corrected chi connectivity index (χ2v) is 3.72. The molecule has 1 atom stereocenters. The monoisotopic (exact) mass is 289 g/mol. The minimum Gasteiger partial charge on any atom is -0.493 e. The minimum atomic E-state index is -3.05. The van der Waals surface area contributed by atoms with Gasteiger partial charge in [0.05, 0.1) is 19.6 Å². The van der Waals surface area contributed by atoms with Gasteiger partial charge in [-0.15, -0.1) is 0 Å². The lowest BCUT2D eigenvalue weighted by Gasteiger charge is -2.17. The summed E-state index contributed by atoms with van der Waals surface area (Å²) in [5.74, 6) is -1.30. The van der Waals surface area contributed by atoms with E-state index >= 15 is 0 Å². The fraction of sp³-hybridized carbons (Fsp3) is 0.333. The first kappa shape index (κ1) is 15.7. The van der Waals surface area contributed by atoms with Gasteiger partial charge in [0.15, 0.2) is 11.5 Å². The molecule has 110 valence electrons. The standard InChI is InChI=1S/C12H13F2NO5/c1-19-9-3-2-7(4-10(9)20-12(13)14)8(15-6-16)5-11(17)18/h2-4,6,8,12H,5H2,1H3,(H,15,16)(H,17,18). The number of hydrogen-bond donors (Lipinski definition) is 2. The first-order valence-electron chi connectivity index (χ1n) is 5.52. The molecule has 1 amide bonds. The summed E-state index contributed by atoms with van der Waals surface area (Å²) in [7, 11) is 1.28. The van der Waals surface area contributed by atoms with E-state index in [1.165, 1.54) is 25.3 Å². The number of halogens is 2. The number of benzene rings is 1. The zero-order valence-electron chi connectivity index (χ0n) is 10.5. The lowest BCUT2D eigenvalue weighted by atomic mass is 10.0. The number of hydrogen-bond acceptors (Lipinski definition) is 4. The smallest absolute Gasteiger partial charge is 0.387 e. The molecule has 0 aliphatic rings. The van der Waals surface area contributed by atoms with Crippen LogP contribution in [0.2, 0.25) is 0 Å². The second kappa shape index (κ2) is 7.27. The topological polar surface area (TPSA) is 84.9 Å². The third-order valence-electron chi connectivity index (χ3n) is 2.45. The average Bonchev–Trinajstić information content (AvgIpc) is 2.37. The number of carboxylic acid groups (broad SMARTS) is 1. The molecule has 0 spiro atoms. The quantitative estimate of drug-likeness (QED) is 0.709. The van der Waals surface area contributed by atoms with E-state index in [9.17, 15) is 18.4 Å². The van der Waals surface area contributed by atoms with Crippen molar-refractivity contribution in [2.24, 2.45) is 0 Å². The van der Waals surface area contributed by atoms with E-state index in [0.29, 0.717) is 12.0 Å². The Balaban J connectivity index is 3.08. The lowest BCUT2D eigenvalue weighted by molar-refractivity contribution is -0.137. The zero-order chi connectivity index (χ0) is 15.1. The Morgan fingerprint density at radius 3 is 2.65 bits per heavy atom. The average molecular weight is 289 g/mol. The van der Waals surface area contributed by atoms with Gasteiger partial charge in [0, 0.05) is 0 Å². The second-order valence-electron chi connectivity index (χ2n) is 3.72. The highest BCUT2D eigenvalue weighted by atomic mass is 19.3. The molecule has 2 N–H and O–H groups in total. The van der Waals surface area contributed by atoms with E-state index in [0.717, 1.165) is 0 Å². The molecule has 0 radical (unpaired) electrons. The van der Waals surface area contributed by atoms with Gasteiger partial charge in [0.2, 0.25) is 6.41 Å². The van der Waals surface area contributed by atoms with Gasteiger partial charge in [-0.25, -0.2) is 0 Å². The molecule has 1 aromatic rings. The normalized spacial score (nSPS) is 11.8. The van der Waals surface area contributed by atoms with Crippen LogP contribution in [0, 0.1) is 0 Å². The molecule has 0 aliphatic heterocycles. The Labute approximate surface area is 113 Å². The fourth-order valence-corrected chi connectivity index (χ4v) is 1.63. The minimum absolute atomic E-state index is 0.0780. The van der Waals surface area contributed by atoms with Gasteiger partial charge >= 0.3 is 12.6 Å². The summed E-state index contributed by atoms with van der Waals surface area (Å²) in [5.41, 5.74) is 0.316. The van der Waals surface area contributed by atoms with Crippen molar-refractivity contribution in [2.45, 2.75) is 19.1 Å². The molecule has 1 aromatic carbocycles. The van der Waals surface area contributed by atoms with Crippen molar-refractivity contribution in [3.63, 3.8) is 0 Å². The molecule has 0 fully saturated rings. The zero-order valence-corrected chi connectivity index (χ0v) is 10.5. The van der Waals surface area contributed by atoms with Crippen molar-refractivity contribution in [1.82, 2.24) is 5.32 Å². The maximum atomic E-state index is 12.3. The van der Waals surface area contributed by atoms with Gasteiger partial charge < -0.3 is 19.9 Å². The number of amides is 1. The van der Waals surface area contributed by atoms with Crippen molar-refractivity contribution >= 4 is 12.4 Å². The van der Waals surface area contributed by atoms with Crippen molar-refractivity contribution in [3.8, 4) is 11.5 Å². The van der Waals surface area contributed by atoms with Crippen LogP contribution in [0.5, 0.6) is 11.5 Å². The van der Waals surface area contributed by atoms with E-state index in [4.69, 9.17) is 9.84 Å². The van der Waals surface area contributed by atoms with Gasteiger partial charge in [-0.3, -0.25) is 9.59 Å². The summed E-state index contributed by atoms with van der Waals surface area (Å²) in [4.78, 5) is 21.2. The van der Waals surface area contributed by atoms with Crippen LogP contribution in [0.25, 0.3) is 0 Å². The van der Waals surface area contributed by atoms with Crippen LogP contribution < -0.4 is 14.8 Å². The number of alkyl halides is 2. The summed E-state index contributed by atoms with van der Waals surface area (Å²) < 4.78 is 33.7. The lowest BCUT2D eigenvalue weighted by Crippen LogP contribution is -2.22. The van der Waals surface area contributed by atoms with Crippen LogP contribution in [-0.2, 0) is 9.59 Å². The summed E-state index contributed by atoms with van der Waals surface area (Å²) in [6.45, 7) is -3.05. The van der Waals surface area contributed by atoms with Crippen LogP contribution in [0.15, 0.2) is 18.2 Å². The summed E-state index contributed by atoms with van der Waals surface area (Å²) >= 11 is 0. The van der Waals surface area contributed by atoms with Gasteiger partial charge in [0.25, 0.3) is 0 Å².